The largest absolute Gasteiger partial charge is 0.460 e. The summed E-state index contributed by atoms with van der Waals surface area (Å²) >= 11 is 0. The van der Waals surface area contributed by atoms with Crippen LogP contribution >= 0.6 is 0 Å². The Bertz CT molecular complexity index is 948. The highest BCUT2D eigenvalue weighted by atomic mass is 19.1. The van der Waals surface area contributed by atoms with E-state index in [0.717, 1.165) is 43.7 Å². The molecule has 3 heterocycles. The van der Waals surface area contributed by atoms with Crippen molar-refractivity contribution in [2.24, 2.45) is 0 Å². The first kappa shape index (κ1) is 17.4. The van der Waals surface area contributed by atoms with Crippen molar-refractivity contribution < 1.29 is 13.9 Å². The number of amides is 1. The maximum atomic E-state index is 12.9. The van der Waals surface area contributed by atoms with Crippen molar-refractivity contribution in [1.82, 2.24) is 24.7 Å². The summed E-state index contributed by atoms with van der Waals surface area (Å²) in [5, 5.41) is 3.11. The molecule has 3 aromatic heterocycles. The van der Waals surface area contributed by atoms with Crippen molar-refractivity contribution in [3.8, 4) is 6.01 Å². The molecule has 1 saturated carbocycles. The van der Waals surface area contributed by atoms with Crippen LogP contribution in [0.15, 0.2) is 36.8 Å². The van der Waals surface area contributed by atoms with Crippen molar-refractivity contribution >= 4 is 11.6 Å². The van der Waals surface area contributed by atoms with E-state index in [0.29, 0.717) is 11.4 Å². The molecule has 0 radical (unpaired) electrons. The summed E-state index contributed by atoms with van der Waals surface area (Å²) in [5.74, 6) is -0.603. The van der Waals surface area contributed by atoms with Crippen molar-refractivity contribution in [3.05, 3.63) is 54.0 Å². The van der Waals surface area contributed by atoms with E-state index < -0.39 is 5.82 Å². The second kappa shape index (κ2) is 7.30. The molecule has 140 valence electrons. The Kier molecular flexibility index (Phi) is 4.70. The van der Waals surface area contributed by atoms with Crippen LogP contribution in [-0.2, 0) is 0 Å². The fraction of sp³-hybridized carbons (Fsp3) is 0.368. The van der Waals surface area contributed by atoms with E-state index in [1.165, 1.54) is 0 Å². The lowest BCUT2D eigenvalue weighted by Crippen LogP contribution is -2.40. The normalized spacial score (nSPS) is 19.8. The zero-order chi connectivity index (χ0) is 18.8. The van der Waals surface area contributed by atoms with Crippen molar-refractivity contribution in [1.29, 1.82) is 0 Å². The van der Waals surface area contributed by atoms with Crippen LogP contribution in [0.3, 0.4) is 0 Å². The number of nitrogens with one attached hydrogen (secondary N) is 1. The van der Waals surface area contributed by atoms with Crippen molar-refractivity contribution in [2.45, 2.75) is 44.8 Å². The monoisotopic (exact) mass is 369 g/mol. The molecule has 0 saturated heterocycles. The predicted octanol–water partition coefficient (Wildman–Crippen LogP) is 2.69. The van der Waals surface area contributed by atoms with Gasteiger partial charge in [0, 0.05) is 12.2 Å². The number of hydrogen-bond acceptors (Lipinski definition) is 5. The zero-order valence-electron chi connectivity index (χ0n) is 14.9. The molecule has 1 amide bonds. The number of pyridine rings is 1. The van der Waals surface area contributed by atoms with Crippen LogP contribution in [0, 0.1) is 12.7 Å². The molecule has 8 heteroatoms. The number of rotatable bonds is 4. The SMILES string of the molecule is Cc1nc2ccccn2c1C(=O)NC1CCC(Oc2ncc(F)cn2)CC1. The fourth-order valence-corrected chi connectivity index (χ4v) is 3.48. The molecule has 0 atom stereocenters. The van der Waals surface area contributed by atoms with Gasteiger partial charge in [-0.2, -0.15) is 0 Å². The third-order valence-electron chi connectivity index (χ3n) is 4.80. The predicted molar refractivity (Wildman–Crippen MR) is 96.1 cm³/mol. The Labute approximate surface area is 155 Å². The smallest absolute Gasteiger partial charge is 0.316 e. The highest BCUT2D eigenvalue weighted by molar-refractivity contribution is 5.94. The van der Waals surface area contributed by atoms with Gasteiger partial charge < -0.3 is 10.1 Å². The number of hydrogen-bond donors (Lipinski definition) is 1. The standard InChI is InChI=1S/C19H20FN5O2/c1-12-17(25-9-3-2-4-16(25)23-12)18(26)24-14-5-7-15(8-6-14)27-19-21-10-13(20)11-22-19/h2-4,9-11,14-15H,5-8H2,1H3,(H,24,26). The molecule has 3 aromatic rings. The van der Waals surface area contributed by atoms with Gasteiger partial charge in [0.15, 0.2) is 5.82 Å². The average molecular weight is 369 g/mol. The molecule has 1 aliphatic rings. The lowest BCUT2D eigenvalue weighted by molar-refractivity contribution is 0.0878. The highest BCUT2D eigenvalue weighted by Gasteiger charge is 2.26. The summed E-state index contributed by atoms with van der Waals surface area (Å²) < 4.78 is 20.4. The molecule has 7 nitrogen and oxygen atoms in total. The number of ether oxygens (including phenoxy) is 1. The molecule has 1 aliphatic carbocycles. The van der Waals surface area contributed by atoms with Gasteiger partial charge in [-0.15, -0.1) is 0 Å². The van der Waals surface area contributed by atoms with Gasteiger partial charge in [0.2, 0.25) is 0 Å². The first-order valence-electron chi connectivity index (χ1n) is 8.99. The summed E-state index contributed by atoms with van der Waals surface area (Å²) in [6, 6.07) is 5.93. The lowest BCUT2D eigenvalue weighted by Gasteiger charge is -2.28. The average Bonchev–Trinajstić information content (AvgIpc) is 3.01. The summed E-state index contributed by atoms with van der Waals surface area (Å²) in [6.45, 7) is 1.84. The number of aromatic nitrogens is 4. The number of halogens is 1. The van der Waals surface area contributed by atoms with E-state index in [1.807, 2.05) is 35.7 Å². The molecule has 0 aliphatic heterocycles. The topological polar surface area (TPSA) is 81.4 Å². The maximum absolute atomic E-state index is 12.9. The van der Waals surface area contributed by atoms with Crippen LogP contribution in [0.25, 0.3) is 5.65 Å². The van der Waals surface area contributed by atoms with E-state index in [2.05, 4.69) is 20.3 Å². The van der Waals surface area contributed by atoms with Gasteiger partial charge in [-0.1, -0.05) is 6.07 Å². The second-order valence-corrected chi connectivity index (χ2v) is 6.72. The highest BCUT2D eigenvalue weighted by Crippen LogP contribution is 2.23. The van der Waals surface area contributed by atoms with Crippen molar-refractivity contribution in [3.63, 3.8) is 0 Å². The Morgan fingerprint density at radius 1 is 1.22 bits per heavy atom. The van der Waals surface area contributed by atoms with Crippen LogP contribution in [0.2, 0.25) is 0 Å². The molecule has 0 unspecified atom stereocenters. The third kappa shape index (κ3) is 3.74. The molecular weight excluding hydrogens is 349 g/mol. The van der Waals surface area contributed by atoms with E-state index in [-0.39, 0.29) is 24.1 Å². The third-order valence-corrected chi connectivity index (χ3v) is 4.80. The van der Waals surface area contributed by atoms with Gasteiger partial charge in [-0.05, 0) is 44.7 Å². The summed E-state index contributed by atoms with van der Waals surface area (Å²) in [7, 11) is 0. The van der Waals surface area contributed by atoms with Gasteiger partial charge >= 0.3 is 6.01 Å². The molecular formula is C19H20FN5O2. The van der Waals surface area contributed by atoms with Gasteiger partial charge in [0.25, 0.3) is 5.91 Å². The van der Waals surface area contributed by atoms with Gasteiger partial charge in [0.1, 0.15) is 17.4 Å². The Morgan fingerprint density at radius 3 is 2.70 bits per heavy atom. The quantitative estimate of drug-likeness (QED) is 0.765. The van der Waals surface area contributed by atoms with Gasteiger partial charge in [-0.25, -0.2) is 19.3 Å². The summed E-state index contributed by atoms with van der Waals surface area (Å²) in [4.78, 5) is 24.8. The molecule has 4 rings (SSSR count). The van der Waals surface area contributed by atoms with Crippen LogP contribution < -0.4 is 10.1 Å². The summed E-state index contributed by atoms with van der Waals surface area (Å²) in [5.41, 5.74) is 2.05. The molecule has 27 heavy (non-hydrogen) atoms. The lowest BCUT2D eigenvalue weighted by atomic mass is 9.93. The van der Waals surface area contributed by atoms with E-state index in [4.69, 9.17) is 4.74 Å². The minimum atomic E-state index is -0.489. The number of nitrogens with zero attached hydrogens (tertiary/aromatic N) is 4. The van der Waals surface area contributed by atoms with Crippen molar-refractivity contribution in [2.75, 3.05) is 0 Å². The Balaban J connectivity index is 1.35. The maximum Gasteiger partial charge on any atom is 0.316 e. The summed E-state index contributed by atoms with van der Waals surface area (Å²) in [6.07, 6.45) is 7.15. The number of aryl methyl sites for hydroxylation is 1. The molecule has 1 N–H and O–H groups in total. The number of carbonyl (C=O) groups is 1. The van der Waals surface area contributed by atoms with Gasteiger partial charge in [0.05, 0.1) is 18.1 Å². The van der Waals surface area contributed by atoms with E-state index in [1.54, 1.807) is 0 Å². The van der Waals surface area contributed by atoms with Crippen LogP contribution in [0.5, 0.6) is 6.01 Å². The molecule has 0 spiro atoms. The van der Waals surface area contributed by atoms with E-state index >= 15 is 0 Å². The second-order valence-electron chi connectivity index (χ2n) is 6.72. The first-order chi connectivity index (χ1) is 13.1. The Morgan fingerprint density at radius 2 is 1.96 bits per heavy atom. The van der Waals surface area contributed by atoms with Crippen LogP contribution in [0.4, 0.5) is 4.39 Å². The molecule has 0 bridgehead atoms. The first-order valence-corrected chi connectivity index (χ1v) is 8.99. The fourth-order valence-electron chi connectivity index (χ4n) is 3.48. The van der Waals surface area contributed by atoms with Crippen LogP contribution in [-0.4, -0.2) is 37.4 Å². The van der Waals surface area contributed by atoms with Crippen LogP contribution in [0.1, 0.15) is 41.9 Å². The number of carbonyl (C=O) groups excluding carboxylic acids is 1. The molecule has 1 fully saturated rings. The minimum Gasteiger partial charge on any atom is -0.460 e. The molecule has 0 aromatic carbocycles. The number of fused-ring (bicyclic) bond motifs is 1. The zero-order valence-corrected chi connectivity index (χ0v) is 14.9. The van der Waals surface area contributed by atoms with Gasteiger partial charge in [-0.3, -0.25) is 9.20 Å². The number of imidazole rings is 1. The van der Waals surface area contributed by atoms with E-state index in [9.17, 15) is 9.18 Å². The Hall–Kier alpha value is -3.03. The minimum absolute atomic E-state index is 0.0267.